The zero-order valence-electron chi connectivity index (χ0n) is 8.57. The predicted octanol–water partition coefficient (Wildman–Crippen LogP) is -2.45. The van der Waals surface area contributed by atoms with Crippen LogP contribution >= 0.6 is 0 Å². The fourth-order valence-electron chi connectivity index (χ4n) is 1.33. The van der Waals surface area contributed by atoms with Gasteiger partial charge >= 0.3 is 0 Å². The molecule has 0 aromatic carbocycles. The van der Waals surface area contributed by atoms with Crippen molar-refractivity contribution in [2.24, 2.45) is 0 Å². The average Bonchev–Trinajstić information content (AvgIpc) is 2.06. The summed E-state index contributed by atoms with van der Waals surface area (Å²) < 4.78 is 0. The van der Waals surface area contributed by atoms with Crippen LogP contribution in [0.4, 0.5) is 0 Å². The van der Waals surface area contributed by atoms with Crippen LogP contribution in [-0.2, 0) is 0 Å². The molecule has 12 heavy (non-hydrogen) atoms. The second kappa shape index (κ2) is 8.97. The summed E-state index contributed by atoms with van der Waals surface area (Å²) in [5.41, 5.74) is 7.68. The number of hydrogen-bond acceptors (Lipinski definition) is 0. The molecule has 0 heterocycles. The summed E-state index contributed by atoms with van der Waals surface area (Å²) >= 11 is 0. The van der Waals surface area contributed by atoms with Crippen molar-refractivity contribution < 1.29 is 16.4 Å². The van der Waals surface area contributed by atoms with Gasteiger partial charge in [0.25, 0.3) is 0 Å². The lowest BCUT2D eigenvalue weighted by Gasteiger charge is -2.12. The van der Waals surface area contributed by atoms with E-state index in [1.54, 1.807) is 4.90 Å². The Morgan fingerprint density at radius 2 is 1.25 bits per heavy atom. The van der Waals surface area contributed by atoms with Crippen LogP contribution in [0, 0.1) is 0 Å². The third-order valence-electron chi connectivity index (χ3n) is 2.21. The van der Waals surface area contributed by atoms with Gasteiger partial charge < -0.3 is 16.4 Å². The number of nitrogens with one attached hydrogen (secondary N) is 1. The summed E-state index contributed by atoms with van der Waals surface area (Å²) in [6.07, 6.45) is 5.23. The Kier molecular flexibility index (Phi) is 8.88. The second-order valence-corrected chi connectivity index (χ2v) is 3.58. The molecule has 0 radical (unpaired) electrons. The molecule has 0 rings (SSSR count). The molecule has 0 aromatic rings. The van der Waals surface area contributed by atoms with Gasteiger partial charge in [-0.25, -0.2) is 0 Å². The lowest BCUT2D eigenvalue weighted by atomic mass is 10.2. The quantitative estimate of drug-likeness (QED) is 0.344. The zero-order chi connectivity index (χ0) is 9.23. The van der Waals surface area contributed by atoms with Crippen LogP contribution in [0.25, 0.3) is 0 Å². The van der Waals surface area contributed by atoms with E-state index in [9.17, 15) is 0 Å². The van der Waals surface area contributed by atoms with E-state index in [0.717, 1.165) is 13.1 Å². The second-order valence-electron chi connectivity index (χ2n) is 3.58. The van der Waals surface area contributed by atoms with E-state index >= 15 is 0 Å². The summed E-state index contributed by atoms with van der Waals surface area (Å²) in [5.74, 6) is 0. The molecular formula is C9H26N3+3. The molecule has 0 spiro atoms. The van der Waals surface area contributed by atoms with Crippen molar-refractivity contribution >= 4 is 0 Å². The van der Waals surface area contributed by atoms with Gasteiger partial charge in [0.15, 0.2) is 0 Å². The van der Waals surface area contributed by atoms with Gasteiger partial charge in [0.2, 0.25) is 0 Å². The highest BCUT2D eigenvalue weighted by Gasteiger charge is 2.00. The Morgan fingerprint density at radius 1 is 0.833 bits per heavy atom. The van der Waals surface area contributed by atoms with Gasteiger partial charge in [0.05, 0.1) is 33.2 Å². The molecule has 74 valence electrons. The van der Waals surface area contributed by atoms with E-state index in [4.69, 9.17) is 0 Å². The zero-order valence-corrected chi connectivity index (χ0v) is 8.57. The van der Waals surface area contributed by atoms with Gasteiger partial charge in [0, 0.05) is 25.7 Å². The van der Waals surface area contributed by atoms with Gasteiger partial charge in [-0.15, -0.1) is 0 Å². The van der Waals surface area contributed by atoms with Crippen molar-refractivity contribution in [2.45, 2.75) is 25.7 Å². The Balaban J connectivity index is 3.04. The maximum absolute atomic E-state index is 3.84. The Hall–Kier alpha value is -0.120. The molecule has 0 aromatic heterocycles. The van der Waals surface area contributed by atoms with Crippen LogP contribution in [0.1, 0.15) is 25.7 Å². The normalized spacial score (nSPS) is 11.0. The Bertz CT molecular complexity index is 75.8. The van der Waals surface area contributed by atoms with Crippen LogP contribution in [-0.4, -0.2) is 33.2 Å². The standard InChI is InChI=1S/C9H23N3/c1-12(8-4-2-6-10)9-5-3-7-11/h2-11H2,1H3/p+3. The maximum atomic E-state index is 3.84. The van der Waals surface area contributed by atoms with Gasteiger partial charge in [-0.2, -0.15) is 0 Å². The van der Waals surface area contributed by atoms with Crippen molar-refractivity contribution in [3.05, 3.63) is 0 Å². The van der Waals surface area contributed by atoms with E-state index < -0.39 is 0 Å². The molecule has 7 N–H and O–H groups in total. The molecule has 0 saturated carbocycles. The van der Waals surface area contributed by atoms with Crippen LogP contribution in [0.2, 0.25) is 0 Å². The summed E-state index contributed by atoms with van der Waals surface area (Å²) in [7, 11) is 2.28. The first-order valence-electron chi connectivity index (χ1n) is 5.21. The highest BCUT2D eigenvalue weighted by Crippen LogP contribution is 1.80. The Labute approximate surface area is 76.1 Å². The molecule has 0 bridgehead atoms. The molecule has 0 aliphatic rings. The molecule has 0 atom stereocenters. The average molecular weight is 176 g/mol. The molecule has 0 saturated heterocycles. The van der Waals surface area contributed by atoms with Gasteiger partial charge in [0.1, 0.15) is 0 Å². The number of rotatable bonds is 8. The highest BCUT2D eigenvalue weighted by molar-refractivity contribution is 4.35. The third kappa shape index (κ3) is 7.98. The molecule has 3 heteroatoms. The maximum Gasteiger partial charge on any atom is 0.0771 e. The number of quaternary nitrogens is 3. The first-order chi connectivity index (χ1) is 5.81. The van der Waals surface area contributed by atoms with Gasteiger partial charge in [-0.3, -0.25) is 0 Å². The monoisotopic (exact) mass is 176 g/mol. The Morgan fingerprint density at radius 3 is 1.58 bits per heavy atom. The van der Waals surface area contributed by atoms with Crippen molar-refractivity contribution in [2.75, 3.05) is 33.2 Å². The molecule has 0 unspecified atom stereocenters. The summed E-state index contributed by atoms with van der Waals surface area (Å²) in [4.78, 5) is 1.66. The van der Waals surface area contributed by atoms with E-state index in [-0.39, 0.29) is 0 Å². The minimum atomic E-state index is 1.09. The summed E-state index contributed by atoms with van der Waals surface area (Å²) in [6.45, 7) is 4.80. The van der Waals surface area contributed by atoms with Gasteiger partial charge in [-0.05, 0) is 0 Å². The fraction of sp³-hybridized carbons (Fsp3) is 1.00. The first kappa shape index (κ1) is 11.9. The van der Waals surface area contributed by atoms with Crippen LogP contribution in [0.5, 0.6) is 0 Å². The van der Waals surface area contributed by atoms with E-state index in [1.165, 1.54) is 38.8 Å². The molecule has 0 aliphatic heterocycles. The lowest BCUT2D eigenvalue weighted by Crippen LogP contribution is -3.09. The summed E-state index contributed by atoms with van der Waals surface area (Å²) in [5, 5.41) is 0. The molecule has 0 aliphatic carbocycles. The molecule has 0 amide bonds. The minimum Gasteiger partial charge on any atom is -0.358 e. The molecule has 3 nitrogen and oxygen atoms in total. The summed E-state index contributed by atoms with van der Waals surface area (Å²) in [6, 6.07) is 0. The topological polar surface area (TPSA) is 59.7 Å². The fourth-order valence-corrected chi connectivity index (χ4v) is 1.33. The van der Waals surface area contributed by atoms with Crippen molar-refractivity contribution in [3.8, 4) is 0 Å². The largest absolute Gasteiger partial charge is 0.358 e. The predicted molar refractivity (Wildman–Crippen MR) is 50.6 cm³/mol. The van der Waals surface area contributed by atoms with E-state index in [2.05, 4.69) is 18.5 Å². The third-order valence-corrected chi connectivity index (χ3v) is 2.21. The van der Waals surface area contributed by atoms with Crippen LogP contribution < -0.4 is 16.4 Å². The van der Waals surface area contributed by atoms with Gasteiger partial charge in [-0.1, -0.05) is 0 Å². The highest BCUT2D eigenvalue weighted by atomic mass is 15.1. The van der Waals surface area contributed by atoms with Crippen molar-refractivity contribution in [1.29, 1.82) is 0 Å². The molecule has 0 fully saturated rings. The smallest absolute Gasteiger partial charge is 0.0771 e. The minimum absolute atomic E-state index is 1.09. The number of unbranched alkanes of at least 4 members (excludes halogenated alkanes) is 2. The SMILES string of the molecule is C[NH+](CCCC[NH3+])CCCC[NH3+]. The first-order valence-corrected chi connectivity index (χ1v) is 5.21. The lowest BCUT2D eigenvalue weighted by molar-refractivity contribution is -0.880. The van der Waals surface area contributed by atoms with Crippen LogP contribution in [0.3, 0.4) is 0 Å². The van der Waals surface area contributed by atoms with Crippen molar-refractivity contribution in [1.82, 2.24) is 0 Å². The van der Waals surface area contributed by atoms with E-state index in [0.29, 0.717) is 0 Å². The van der Waals surface area contributed by atoms with Crippen molar-refractivity contribution in [3.63, 3.8) is 0 Å². The molecular weight excluding hydrogens is 150 g/mol. The van der Waals surface area contributed by atoms with E-state index in [1.807, 2.05) is 0 Å². The number of hydrogen-bond donors (Lipinski definition) is 3. The van der Waals surface area contributed by atoms with Crippen LogP contribution in [0.15, 0.2) is 0 Å².